The van der Waals surface area contributed by atoms with Crippen LogP contribution in [0.1, 0.15) is 23.0 Å². The highest BCUT2D eigenvalue weighted by Crippen LogP contribution is 2.20. The van der Waals surface area contributed by atoms with Crippen molar-refractivity contribution in [1.82, 2.24) is 9.47 Å². The summed E-state index contributed by atoms with van der Waals surface area (Å²) in [6, 6.07) is 9.15. The maximum Gasteiger partial charge on any atom is 0.272 e. The Morgan fingerprint density at radius 3 is 2.59 bits per heavy atom. The zero-order valence-electron chi connectivity index (χ0n) is 15.8. The molecule has 7 heteroatoms. The van der Waals surface area contributed by atoms with Crippen molar-refractivity contribution in [1.29, 1.82) is 0 Å². The molecule has 1 saturated heterocycles. The number of ether oxygens (including phenoxy) is 1. The maximum absolute atomic E-state index is 12.7. The van der Waals surface area contributed by atoms with Crippen molar-refractivity contribution in [2.75, 3.05) is 43.5 Å². The minimum absolute atomic E-state index is 0.118. The van der Waals surface area contributed by atoms with E-state index in [1.165, 1.54) is 6.92 Å². The van der Waals surface area contributed by atoms with Gasteiger partial charge in [-0.2, -0.15) is 0 Å². The third-order valence-corrected chi connectivity index (χ3v) is 4.62. The number of nitrogens with one attached hydrogen (secondary N) is 2. The molecule has 2 heterocycles. The van der Waals surface area contributed by atoms with E-state index in [1.54, 1.807) is 12.1 Å². The van der Waals surface area contributed by atoms with E-state index in [4.69, 9.17) is 4.74 Å². The number of rotatable bonds is 6. The smallest absolute Gasteiger partial charge is 0.272 e. The molecule has 2 amide bonds. The second-order valence-corrected chi connectivity index (χ2v) is 6.71. The van der Waals surface area contributed by atoms with Gasteiger partial charge in [0.1, 0.15) is 5.69 Å². The van der Waals surface area contributed by atoms with E-state index in [2.05, 4.69) is 15.5 Å². The number of nitrogens with zero attached hydrogens (tertiary/aromatic N) is 2. The molecule has 7 nitrogen and oxygen atoms in total. The lowest BCUT2D eigenvalue weighted by Gasteiger charge is -2.26. The molecule has 0 radical (unpaired) electrons. The van der Waals surface area contributed by atoms with Gasteiger partial charge < -0.3 is 19.9 Å². The molecule has 2 N–H and O–H groups in total. The minimum Gasteiger partial charge on any atom is -0.379 e. The van der Waals surface area contributed by atoms with Crippen LogP contribution in [-0.2, 0) is 16.1 Å². The number of carbonyl (C=O) groups excluding carboxylic acids is 2. The van der Waals surface area contributed by atoms with Crippen LogP contribution >= 0.6 is 0 Å². The lowest BCUT2D eigenvalue weighted by atomic mass is 10.1. The zero-order chi connectivity index (χ0) is 19.2. The number of anilines is 2. The normalized spacial score (nSPS) is 14.7. The number of morpholine rings is 1. The molecule has 0 spiro atoms. The second kappa shape index (κ2) is 8.83. The third kappa shape index (κ3) is 5.18. The van der Waals surface area contributed by atoms with Gasteiger partial charge in [-0.05, 0) is 42.8 Å². The van der Waals surface area contributed by atoms with Crippen LogP contribution in [0.2, 0.25) is 0 Å². The maximum atomic E-state index is 12.7. The molecule has 2 aromatic rings. The summed E-state index contributed by atoms with van der Waals surface area (Å²) in [6.45, 7) is 8.43. The predicted molar refractivity (Wildman–Crippen MR) is 105 cm³/mol. The van der Waals surface area contributed by atoms with E-state index in [9.17, 15) is 9.59 Å². The predicted octanol–water partition coefficient (Wildman–Crippen LogP) is 2.34. The summed E-state index contributed by atoms with van der Waals surface area (Å²) in [4.78, 5) is 26.2. The van der Waals surface area contributed by atoms with Gasteiger partial charge >= 0.3 is 0 Å². The highest BCUT2D eigenvalue weighted by Gasteiger charge is 2.14. The summed E-state index contributed by atoms with van der Waals surface area (Å²) in [5, 5.41) is 5.71. The number of hydrogen-bond donors (Lipinski definition) is 2. The summed E-state index contributed by atoms with van der Waals surface area (Å²) in [6.07, 6.45) is 1.93. The molecular formula is C20H26N4O3. The van der Waals surface area contributed by atoms with Gasteiger partial charge in [0, 0.05) is 50.7 Å². The van der Waals surface area contributed by atoms with Gasteiger partial charge in [0.15, 0.2) is 0 Å². The van der Waals surface area contributed by atoms with Crippen LogP contribution in [0, 0.1) is 6.92 Å². The van der Waals surface area contributed by atoms with Gasteiger partial charge in [-0.15, -0.1) is 0 Å². The molecule has 1 aromatic carbocycles. The Morgan fingerprint density at radius 1 is 1.11 bits per heavy atom. The van der Waals surface area contributed by atoms with E-state index < -0.39 is 0 Å². The number of aryl methyl sites for hydroxylation is 1. The van der Waals surface area contributed by atoms with Crippen LogP contribution < -0.4 is 10.6 Å². The Labute approximate surface area is 159 Å². The average molecular weight is 370 g/mol. The number of amides is 2. The molecule has 0 bridgehead atoms. The fourth-order valence-corrected chi connectivity index (χ4v) is 3.16. The first-order valence-corrected chi connectivity index (χ1v) is 9.18. The van der Waals surface area contributed by atoms with Gasteiger partial charge in [-0.25, -0.2) is 0 Å². The van der Waals surface area contributed by atoms with Crippen molar-refractivity contribution < 1.29 is 14.3 Å². The van der Waals surface area contributed by atoms with Gasteiger partial charge in [0.2, 0.25) is 5.91 Å². The molecule has 1 aromatic heterocycles. The van der Waals surface area contributed by atoms with E-state index in [0.717, 1.165) is 50.6 Å². The van der Waals surface area contributed by atoms with Crippen LogP contribution in [0.4, 0.5) is 11.4 Å². The van der Waals surface area contributed by atoms with Crippen LogP contribution in [0.15, 0.2) is 36.5 Å². The zero-order valence-corrected chi connectivity index (χ0v) is 15.8. The topological polar surface area (TPSA) is 75.6 Å². The van der Waals surface area contributed by atoms with Crippen molar-refractivity contribution in [3.05, 3.63) is 47.8 Å². The molecule has 144 valence electrons. The average Bonchev–Trinajstić information content (AvgIpc) is 3.11. The highest BCUT2D eigenvalue weighted by atomic mass is 16.5. The first kappa shape index (κ1) is 19.1. The van der Waals surface area contributed by atoms with Crippen LogP contribution in [0.3, 0.4) is 0 Å². The molecule has 1 aliphatic heterocycles. The first-order valence-electron chi connectivity index (χ1n) is 9.18. The van der Waals surface area contributed by atoms with Gasteiger partial charge in [0.05, 0.1) is 13.2 Å². The van der Waals surface area contributed by atoms with E-state index in [1.807, 2.05) is 35.9 Å². The molecule has 27 heavy (non-hydrogen) atoms. The van der Waals surface area contributed by atoms with Gasteiger partial charge in [-0.3, -0.25) is 14.5 Å². The van der Waals surface area contributed by atoms with Crippen molar-refractivity contribution in [2.24, 2.45) is 0 Å². The molecule has 0 unspecified atom stereocenters. The van der Waals surface area contributed by atoms with Crippen molar-refractivity contribution in [2.45, 2.75) is 20.4 Å². The summed E-state index contributed by atoms with van der Waals surface area (Å²) >= 11 is 0. The lowest BCUT2D eigenvalue weighted by Crippen LogP contribution is -2.38. The molecule has 0 saturated carbocycles. The monoisotopic (exact) mass is 370 g/mol. The number of benzene rings is 1. The van der Waals surface area contributed by atoms with E-state index >= 15 is 0 Å². The van der Waals surface area contributed by atoms with Crippen LogP contribution in [-0.4, -0.2) is 54.1 Å². The van der Waals surface area contributed by atoms with Gasteiger partial charge in [0.25, 0.3) is 5.91 Å². The Balaban J connectivity index is 1.62. The standard InChI is InChI=1S/C20H26N4O3/c1-15-14-17(5-6-18(15)21-16(2)25)22-20(26)19-4-3-7-24(19)9-8-23-10-12-27-13-11-23/h3-7,14H,8-13H2,1-2H3,(H,21,25)(H,22,26). The van der Waals surface area contributed by atoms with E-state index in [0.29, 0.717) is 11.4 Å². The minimum atomic E-state index is -0.145. The molecule has 0 atom stereocenters. The third-order valence-electron chi connectivity index (χ3n) is 4.62. The molecule has 1 fully saturated rings. The van der Waals surface area contributed by atoms with Crippen LogP contribution in [0.25, 0.3) is 0 Å². The molecule has 3 rings (SSSR count). The number of aromatic nitrogens is 1. The highest BCUT2D eigenvalue weighted by molar-refractivity contribution is 6.03. The fourth-order valence-electron chi connectivity index (χ4n) is 3.16. The largest absolute Gasteiger partial charge is 0.379 e. The Morgan fingerprint density at radius 2 is 1.89 bits per heavy atom. The van der Waals surface area contributed by atoms with Gasteiger partial charge in [-0.1, -0.05) is 0 Å². The van der Waals surface area contributed by atoms with Crippen molar-refractivity contribution in [3.8, 4) is 0 Å². The second-order valence-electron chi connectivity index (χ2n) is 6.71. The Hall–Kier alpha value is -2.64. The fraction of sp³-hybridized carbons (Fsp3) is 0.400. The van der Waals surface area contributed by atoms with Crippen molar-refractivity contribution in [3.63, 3.8) is 0 Å². The number of carbonyl (C=O) groups is 2. The number of hydrogen-bond acceptors (Lipinski definition) is 4. The molecule has 0 aliphatic carbocycles. The summed E-state index contributed by atoms with van der Waals surface area (Å²) in [5.74, 6) is -0.262. The quantitative estimate of drug-likeness (QED) is 0.818. The molecule has 1 aliphatic rings. The first-order chi connectivity index (χ1) is 13.0. The Kier molecular flexibility index (Phi) is 6.26. The summed E-state index contributed by atoms with van der Waals surface area (Å²) < 4.78 is 7.34. The lowest BCUT2D eigenvalue weighted by molar-refractivity contribution is -0.114. The van der Waals surface area contributed by atoms with Crippen LogP contribution in [0.5, 0.6) is 0 Å². The SMILES string of the molecule is CC(=O)Nc1ccc(NC(=O)c2cccn2CCN2CCOCC2)cc1C. The molecular weight excluding hydrogens is 344 g/mol. The van der Waals surface area contributed by atoms with E-state index in [-0.39, 0.29) is 11.8 Å². The summed E-state index contributed by atoms with van der Waals surface area (Å²) in [5.41, 5.74) is 2.97. The van der Waals surface area contributed by atoms with Crippen molar-refractivity contribution >= 4 is 23.2 Å². The summed E-state index contributed by atoms with van der Waals surface area (Å²) in [7, 11) is 0. The Bertz CT molecular complexity index is 809.